The zero-order valence-electron chi connectivity index (χ0n) is 15.1. The van der Waals surface area contributed by atoms with Crippen LogP contribution in [0.25, 0.3) is 10.2 Å². The number of anilines is 1. The maximum absolute atomic E-state index is 12.8. The molecule has 1 aliphatic carbocycles. The molecule has 1 saturated carbocycles. The molecule has 0 aromatic carbocycles. The van der Waals surface area contributed by atoms with Crippen molar-refractivity contribution in [3.05, 3.63) is 46.7 Å². The van der Waals surface area contributed by atoms with E-state index in [2.05, 4.69) is 25.6 Å². The number of aromatic nitrogens is 3. The van der Waals surface area contributed by atoms with E-state index in [1.165, 1.54) is 11.3 Å². The van der Waals surface area contributed by atoms with Crippen molar-refractivity contribution >= 4 is 33.4 Å². The fourth-order valence-corrected chi connectivity index (χ4v) is 4.07. The average molecular weight is 383 g/mol. The molecule has 8 heteroatoms. The molecule has 1 atom stereocenters. The second kappa shape index (κ2) is 7.21. The lowest BCUT2D eigenvalue weighted by atomic mass is 9.89. The topological polar surface area (TPSA) is 100 Å². The molecule has 3 heterocycles. The van der Waals surface area contributed by atoms with Crippen molar-refractivity contribution in [3.8, 4) is 0 Å². The molecule has 3 aromatic rings. The quantitative estimate of drug-likeness (QED) is 0.626. The van der Waals surface area contributed by atoms with Gasteiger partial charge in [0.25, 0.3) is 5.91 Å². The molecular formula is C19H21N5O2S. The molecule has 1 amide bonds. The summed E-state index contributed by atoms with van der Waals surface area (Å²) in [5, 5.41) is 15.7. The van der Waals surface area contributed by atoms with E-state index in [1.54, 1.807) is 12.4 Å². The zero-order chi connectivity index (χ0) is 19.0. The van der Waals surface area contributed by atoms with Gasteiger partial charge in [0.1, 0.15) is 0 Å². The van der Waals surface area contributed by atoms with Crippen LogP contribution in [-0.2, 0) is 0 Å². The summed E-state index contributed by atoms with van der Waals surface area (Å²) < 4.78 is 0.782. The van der Waals surface area contributed by atoms with Gasteiger partial charge in [-0.05, 0) is 44.4 Å². The summed E-state index contributed by atoms with van der Waals surface area (Å²) in [5.74, 6) is 0.189. The van der Waals surface area contributed by atoms with Crippen molar-refractivity contribution < 1.29 is 9.90 Å². The second-order valence-corrected chi connectivity index (χ2v) is 8.17. The van der Waals surface area contributed by atoms with Gasteiger partial charge in [-0.3, -0.25) is 9.78 Å². The molecule has 3 N–H and O–H groups in total. The number of carbonyl (C=O) groups is 1. The molecule has 0 aliphatic heterocycles. The Balaban J connectivity index is 1.62. The summed E-state index contributed by atoms with van der Waals surface area (Å²) >= 11 is 1.51. The van der Waals surface area contributed by atoms with Gasteiger partial charge in [0.2, 0.25) is 5.95 Å². The maximum atomic E-state index is 12.8. The Morgan fingerprint density at radius 2 is 2.19 bits per heavy atom. The summed E-state index contributed by atoms with van der Waals surface area (Å²) in [5.41, 5.74) is 2.14. The minimum atomic E-state index is -0.317. The maximum Gasteiger partial charge on any atom is 0.271 e. The number of nitrogens with zero attached hydrogens (tertiary/aromatic N) is 3. The first-order valence-corrected chi connectivity index (χ1v) is 9.75. The number of nitrogens with one attached hydrogen (secondary N) is 2. The number of aliphatic hydroxyl groups is 1. The Morgan fingerprint density at radius 1 is 1.37 bits per heavy atom. The van der Waals surface area contributed by atoms with E-state index in [0.717, 1.165) is 20.7 Å². The average Bonchev–Trinajstić information content (AvgIpc) is 3.00. The summed E-state index contributed by atoms with van der Waals surface area (Å²) in [7, 11) is 0. The smallest absolute Gasteiger partial charge is 0.271 e. The number of fused-ring (bicyclic) bond motifs is 1. The first-order valence-electron chi connectivity index (χ1n) is 8.93. The van der Waals surface area contributed by atoms with E-state index in [9.17, 15) is 9.90 Å². The van der Waals surface area contributed by atoms with Gasteiger partial charge in [0.15, 0.2) is 5.69 Å². The lowest BCUT2D eigenvalue weighted by molar-refractivity contribution is 0.0561. The lowest BCUT2D eigenvalue weighted by Crippen LogP contribution is -2.47. The van der Waals surface area contributed by atoms with Crippen LogP contribution in [0.1, 0.15) is 46.7 Å². The summed E-state index contributed by atoms with van der Waals surface area (Å²) in [6, 6.07) is 5.78. The van der Waals surface area contributed by atoms with E-state index >= 15 is 0 Å². The van der Waals surface area contributed by atoms with Gasteiger partial charge in [0, 0.05) is 23.3 Å². The van der Waals surface area contributed by atoms with E-state index < -0.39 is 0 Å². The third kappa shape index (κ3) is 3.77. The summed E-state index contributed by atoms with van der Waals surface area (Å²) in [4.78, 5) is 27.1. The van der Waals surface area contributed by atoms with Crippen LogP contribution < -0.4 is 10.6 Å². The minimum Gasteiger partial charge on any atom is -0.393 e. The van der Waals surface area contributed by atoms with E-state index in [4.69, 9.17) is 0 Å². The SMILES string of the molecule is Cc1cc2nc(NC(C)c3cccnc3)nc(C(=O)NC3CC(O)C3)c2s1. The lowest BCUT2D eigenvalue weighted by Gasteiger charge is -2.31. The van der Waals surface area contributed by atoms with Gasteiger partial charge in [-0.15, -0.1) is 11.3 Å². The van der Waals surface area contributed by atoms with Crippen LogP contribution in [0, 0.1) is 6.92 Å². The molecule has 7 nitrogen and oxygen atoms in total. The Labute approximate surface area is 160 Å². The van der Waals surface area contributed by atoms with Crippen LogP contribution in [-0.4, -0.2) is 38.1 Å². The van der Waals surface area contributed by atoms with Crippen molar-refractivity contribution in [1.29, 1.82) is 0 Å². The van der Waals surface area contributed by atoms with Crippen molar-refractivity contribution in [3.63, 3.8) is 0 Å². The van der Waals surface area contributed by atoms with Crippen molar-refractivity contribution in [1.82, 2.24) is 20.3 Å². The molecule has 140 valence electrons. The van der Waals surface area contributed by atoms with E-state index in [-0.39, 0.29) is 24.1 Å². The molecule has 0 saturated heterocycles. The summed E-state index contributed by atoms with van der Waals surface area (Å²) in [6.45, 7) is 3.99. The molecule has 0 spiro atoms. The first kappa shape index (κ1) is 17.8. The monoisotopic (exact) mass is 383 g/mol. The Morgan fingerprint density at radius 3 is 2.89 bits per heavy atom. The van der Waals surface area contributed by atoms with Gasteiger partial charge in [-0.25, -0.2) is 9.97 Å². The highest BCUT2D eigenvalue weighted by Crippen LogP contribution is 2.29. The number of hydrogen-bond acceptors (Lipinski definition) is 7. The van der Waals surface area contributed by atoms with Gasteiger partial charge in [-0.1, -0.05) is 6.07 Å². The minimum absolute atomic E-state index is 0.00398. The van der Waals surface area contributed by atoms with Gasteiger partial charge >= 0.3 is 0 Å². The number of aryl methyl sites for hydroxylation is 1. The molecule has 1 fully saturated rings. The third-order valence-corrected chi connectivity index (χ3v) is 5.73. The number of rotatable bonds is 5. The zero-order valence-corrected chi connectivity index (χ0v) is 16.0. The normalized spacial score (nSPS) is 20.1. The molecule has 1 unspecified atom stereocenters. The predicted octanol–water partition coefficient (Wildman–Crippen LogP) is 2.82. The standard InChI is InChI=1S/C19H21N5O2S/c1-10-6-15-17(27-10)16(18(26)22-13-7-14(25)8-13)24-19(23-15)21-11(2)12-4-3-5-20-9-12/h3-6,9,11,13-14,25H,7-8H2,1-2H3,(H,22,26)(H,21,23,24). The van der Waals surface area contributed by atoms with Crippen LogP contribution >= 0.6 is 11.3 Å². The van der Waals surface area contributed by atoms with Crippen molar-refractivity contribution in [2.45, 2.75) is 44.9 Å². The molecule has 1 aliphatic rings. The Kier molecular flexibility index (Phi) is 4.75. The highest BCUT2D eigenvalue weighted by Gasteiger charge is 2.30. The number of pyridine rings is 1. The van der Waals surface area contributed by atoms with Crippen LogP contribution in [0.4, 0.5) is 5.95 Å². The molecule has 0 bridgehead atoms. The van der Waals surface area contributed by atoms with Crippen molar-refractivity contribution in [2.24, 2.45) is 0 Å². The van der Waals surface area contributed by atoms with E-state index in [0.29, 0.717) is 24.5 Å². The van der Waals surface area contributed by atoms with Crippen molar-refractivity contribution in [2.75, 3.05) is 5.32 Å². The van der Waals surface area contributed by atoms with Crippen LogP contribution in [0.3, 0.4) is 0 Å². The van der Waals surface area contributed by atoms with Crippen LogP contribution in [0.5, 0.6) is 0 Å². The van der Waals surface area contributed by atoms with Crippen LogP contribution in [0.2, 0.25) is 0 Å². The van der Waals surface area contributed by atoms with Gasteiger partial charge < -0.3 is 15.7 Å². The second-order valence-electron chi connectivity index (χ2n) is 6.92. The van der Waals surface area contributed by atoms with Crippen LogP contribution in [0.15, 0.2) is 30.6 Å². The predicted molar refractivity (Wildman–Crippen MR) is 105 cm³/mol. The van der Waals surface area contributed by atoms with Gasteiger partial charge in [0.05, 0.1) is 22.4 Å². The highest BCUT2D eigenvalue weighted by atomic mass is 32.1. The number of amides is 1. The number of aliphatic hydroxyl groups excluding tert-OH is 1. The Hall–Kier alpha value is -2.58. The fourth-order valence-electron chi connectivity index (χ4n) is 3.14. The third-order valence-electron chi connectivity index (χ3n) is 4.69. The Bertz CT molecular complexity index is 969. The molecule has 0 radical (unpaired) electrons. The molecular weight excluding hydrogens is 362 g/mol. The fraction of sp³-hybridized carbons (Fsp3) is 0.368. The number of hydrogen-bond donors (Lipinski definition) is 3. The first-order chi connectivity index (χ1) is 13.0. The van der Waals surface area contributed by atoms with E-state index in [1.807, 2.05) is 32.0 Å². The molecule has 3 aromatic heterocycles. The highest BCUT2D eigenvalue weighted by molar-refractivity contribution is 7.19. The molecule has 4 rings (SSSR count). The largest absolute Gasteiger partial charge is 0.393 e. The molecule has 27 heavy (non-hydrogen) atoms. The van der Waals surface area contributed by atoms with Gasteiger partial charge in [-0.2, -0.15) is 0 Å². The number of thiophene rings is 1. The summed E-state index contributed by atoms with van der Waals surface area (Å²) in [6.07, 6.45) is 4.38. The number of carbonyl (C=O) groups excluding carboxylic acids is 1.